The number of sulfonamides is 1. The molecule has 4 rings (SSSR count). The SMILES string of the molecule is CCCOc1ccc(S(=O)(=O)N2CCC(CCC(=O)OCC(CC)NC)CC2)cc1-c1nc2c(CCC)nn(C)c2c(=O)[nH]1. The third-order valence-corrected chi connectivity index (χ3v) is 10.1. The van der Waals surface area contributed by atoms with Gasteiger partial charge in [-0.25, -0.2) is 13.4 Å². The molecule has 3 heterocycles. The van der Waals surface area contributed by atoms with Crippen molar-refractivity contribution in [1.29, 1.82) is 0 Å². The van der Waals surface area contributed by atoms with E-state index in [1.165, 1.54) is 15.1 Å². The van der Waals surface area contributed by atoms with E-state index in [0.717, 1.165) is 25.0 Å². The van der Waals surface area contributed by atoms with Crippen molar-refractivity contribution in [3.8, 4) is 17.1 Å². The standard InChI is InChI=1S/C31H46N6O6S/c1-6-9-25-28-29(36(5)35-25)31(39)34-30(33-28)24-19-23(11-12-26(24)42-18-7-2)44(40,41)37-16-14-21(15-17-37)10-13-27(38)43-20-22(8-3)32-4/h11-12,19,21-22,32H,6-10,13-18,20H2,1-5H3,(H,33,34,39). The largest absolute Gasteiger partial charge is 0.493 e. The topological polar surface area (TPSA) is 149 Å². The van der Waals surface area contributed by atoms with E-state index in [1.54, 1.807) is 19.2 Å². The van der Waals surface area contributed by atoms with E-state index in [4.69, 9.17) is 14.5 Å². The summed E-state index contributed by atoms with van der Waals surface area (Å²) < 4.78 is 42.0. The Labute approximate surface area is 259 Å². The molecule has 2 aromatic heterocycles. The van der Waals surface area contributed by atoms with E-state index in [0.29, 0.717) is 80.8 Å². The number of H-pyrrole nitrogens is 1. The van der Waals surface area contributed by atoms with Crippen LogP contribution in [-0.4, -0.2) is 77.8 Å². The molecule has 0 radical (unpaired) electrons. The Hall–Kier alpha value is -3.29. The fourth-order valence-corrected chi connectivity index (χ4v) is 7.05. The van der Waals surface area contributed by atoms with Gasteiger partial charge >= 0.3 is 5.97 Å². The van der Waals surface area contributed by atoms with Gasteiger partial charge in [0.15, 0.2) is 5.52 Å². The van der Waals surface area contributed by atoms with Crippen molar-refractivity contribution in [2.75, 3.05) is 33.4 Å². The summed E-state index contributed by atoms with van der Waals surface area (Å²) in [7, 11) is -0.271. The summed E-state index contributed by atoms with van der Waals surface area (Å²) in [5.74, 6) is 0.712. The van der Waals surface area contributed by atoms with Crippen LogP contribution in [0, 0.1) is 5.92 Å². The summed E-state index contributed by atoms with van der Waals surface area (Å²) in [5, 5.41) is 7.61. The van der Waals surface area contributed by atoms with E-state index in [1.807, 2.05) is 27.8 Å². The van der Waals surface area contributed by atoms with Crippen LogP contribution >= 0.6 is 0 Å². The number of carbonyl (C=O) groups excluding carboxylic acids is 1. The van der Waals surface area contributed by atoms with Gasteiger partial charge in [0.25, 0.3) is 5.56 Å². The van der Waals surface area contributed by atoms with Gasteiger partial charge in [-0.2, -0.15) is 9.40 Å². The second-order valence-electron chi connectivity index (χ2n) is 11.4. The first-order chi connectivity index (χ1) is 21.1. The molecule has 0 bridgehead atoms. The fraction of sp³-hybridized carbons (Fsp3) is 0.613. The maximum atomic E-state index is 13.8. The molecule has 242 valence electrons. The lowest BCUT2D eigenvalue weighted by molar-refractivity contribution is -0.144. The van der Waals surface area contributed by atoms with Crippen LogP contribution in [0.25, 0.3) is 22.4 Å². The first-order valence-corrected chi connectivity index (χ1v) is 17.1. The summed E-state index contributed by atoms with van der Waals surface area (Å²) in [6, 6.07) is 4.86. The van der Waals surface area contributed by atoms with Crippen LogP contribution in [0.4, 0.5) is 0 Å². The van der Waals surface area contributed by atoms with Gasteiger partial charge in [0.05, 0.1) is 22.8 Å². The van der Waals surface area contributed by atoms with Gasteiger partial charge in [0.1, 0.15) is 23.7 Å². The van der Waals surface area contributed by atoms with Crippen LogP contribution in [0.1, 0.15) is 71.4 Å². The Balaban J connectivity index is 1.52. The summed E-state index contributed by atoms with van der Waals surface area (Å²) in [6.45, 7) is 7.55. The Morgan fingerprint density at radius 1 is 1.18 bits per heavy atom. The maximum absolute atomic E-state index is 13.8. The second kappa shape index (κ2) is 15.1. The molecule has 12 nitrogen and oxygen atoms in total. The Morgan fingerprint density at radius 3 is 2.59 bits per heavy atom. The second-order valence-corrected chi connectivity index (χ2v) is 13.3. The summed E-state index contributed by atoms with van der Waals surface area (Å²) in [4.78, 5) is 33.0. The molecule has 1 unspecified atom stereocenters. The molecule has 13 heteroatoms. The van der Waals surface area contributed by atoms with Crippen LogP contribution in [-0.2, 0) is 33.0 Å². The van der Waals surface area contributed by atoms with E-state index >= 15 is 0 Å². The number of benzene rings is 1. The van der Waals surface area contributed by atoms with Gasteiger partial charge < -0.3 is 19.8 Å². The number of likely N-dealkylation sites (N-methyl/N-ethyl adjacent to an activating group) is 1. The number of esters is 1. The van der Waals surface area contributed by atoms with Crippen molar-refractivity contribution in [2.24, 2.45) is 13.0 Å². The third kappa shape index (κ3) is 7.67. The first-order valence-electron chi connectivity index (χ1n) is 15.7. The van der Waals surface area contributed by atoms with Crippen molar-refractivity contribution in [3.05, 3.63) is 34.2 Å². The summed E-state index contributed by atoms with van der Waals surface area (Å²) in [5.41, 5.74) is 1.64. The highest BCUT2D eigenvalue weighted by molar-refractivity contribution is 7.89. The number of ether oxygens (including phenoxy) is 2. The molecule has 1 aliphatic heterocycles. The highest BCUT2D eigenvalue weighted by Crippen LogP contribution is 2.33. The molecule has 1 saturated heterocycles. The number of hydrogen-bond acceptors (Lipinski definition) is 9. The smallest absolute Gasteiger partial charge is 0.305 e. The summed E-state index contributed by atoms with van der Waals surface area (Å²) >= 11 is 0. The average Bonchev–Trinajstić information content (AvgIpc) is 3.34. The number of carbonyl (C=O) groups is 1. The molecule has 44 heavy (non-hydrogen) atoms. The van der Waals surface area contributed by atoms with E-state index < -0.39 is 10.0 Å². The minimum absolute atomic E-state index is 0.108. The van der Waals surface area contributed by atoms with E-state index in [2.05, 4.69) is 15.4 Å². The Bertz CT molecular complexity index is 1590. The van der Waals surface area contributed by atoms with E-state index in [-0.39, 0.29) is 34.2 Å². The molecule has 0 aliphatic carbocycles. The number of piperidine rings is 1. The molecule has 1 aliphatic rings. The molecule has 3 aromatic rings. The Kier molecular flexibility index (Phi) is 11.6. The third-order valence-electron chi connectivity index (χ3n) is 8.23. The molecule has 1 fully saturated rings. The average molecular weight is 631 g/mol. The number of aromatic amines is 1. The molecule has 0 saturated carbocycles. The number of aryl methyl sites for hydroxylation is 2. The number of rotatable bonds is 15. The summed E-state index contributed by atoms with van der Waals surface area (Å²) in [6.07, 6.45) is 5.46. The van der Waals surface area contributed by atoms with Crippen LogP contribution < -0.4 is 15.6 Å². The molecule has 1 aromatic carbocycles. The minimum Gasteiger partial charge on any atom is -0.493 e. The zero-order valence-corrected chi connectivity index (χ0v) is 27.3. The number of hydrogen-bond donors (Lipinski definition) is 2. The molecule has 0 spiro atoms. The van der Waals surface area contributed by atoms with Gasteiger partial charge in [0, 0.05) is 32.6 Å². The van der Waals surface area contributed by atoms with Crippen molar-refractivity contribution < 1.29 is 22.7 Å². The lowest BCUT2D eigenvalue weighted by Crippen LogP contribution is -2.38. The zero-order chi connectivity index (χ0) is 31.9. The van der Waals surface area contributed by atoms with Crippen molar-refractivity contribution >= 4 is 27.0 Å². The minimum atomic E-state index is -3.83. The molecule has 1 atom stereocenters. The normalized spacial score (nSPS) is 15.5. The highest BCUT2D eigenvalue weighted by Gasteiger charge is 2.31. The van der Waals surface area contributed by atoms with Crippen LogP contribution in [0.15, 0.2) is 27.9 Å². The van der Waals surface area contributed by atoms with Crippen molar-refractivity contribution in [1.82, 2.24) is 29.4 Å². The van der Waals surface area contributed by atoms with Crippen molar-refractivity contribution in [2.45, 2.75) is 83.1 Å². The molecule has 2 N–H and O–H groups in total. The predicted octanol–water partition coefficient (Wildman–Crippen LogP) is 3.79. The highest BCUT2D eigenvalue weighted by atomic mass is 32.2. The number of fused-ring (bicyclic) bond motifs is 1. The van der Waals surface area contributed by atoms with Crippen LogP contribution in [0.3, 0.4) is 0 Å². The van der Waals surface area contributed by atoms with Gasteiger partial charge in [-0.05, 0) is 69.7 Å². The van der Waals surface area contributed by atoms with E-state index in [9.17, 15) is 18.0 Å². The maximum Gasteiger partial charge on any atom is 0.305 e. The first kappa shape index (κ1) is 33.6. The lowest BCUT2D eigenvalue weighted by atomic mass is 9.93. The quantitative estimate of drug-likeness (QED) is 0.239. The number of nitrogens with zero attached hydrogens (tertiary/aromatic N) is 4. The Morgan fingerprint density at radius 2 is 1.93 bits per heavy atom. The van der Waals surface area contributed by atoms with Gasteiger partial charge in [-0.15, -0.1) is 0 Å². The van der Waals surface area contributed by atoms with Gasteiger partial charge in [-0.1, -0.05) is 27.2 Å². The van der Waals surface area contributed by atoms with Gasteiger partial charge in [0.2, 0.25) is 10.0 Å². The predicted molar refractivity (Wildman–Crippen MR) is 169 cm³/mol. The monoisotopic (exact) mass is 630 g/mol. The van der Waals surface area contributed by atoms with Gasteiger partial charge in [-0.3, -0.25) is 14.3 Å². The zero-order valence-electron chi connectivity index (χ0n) is 26.5. The lowest BCUT2D eigenvalue weighted by Gasteiger charge is -2.31. The fourth-order valence-electron chi connectivity index (χ4n) is 5.55. The molecule has 0 amide bonds. The number of aromatic nitrogens is 4. The molecular weight excluding hydrogens is 584 g/mol. The molecular formula is C31H46N6O6S. The number of nitrogens with one attached hydrogen (secondary N) is 2. The van der Waals surface area contributed by atoms with Crippen molar-refractivity contribution in [3.63, 3.8) is 0 Å². The van der Waals surface area contributed by atoms with Crippen LogP contribution in [0.2, 0.25) is 0 Å². The van der Waals surface area contributed by atoms with Crippen LogP contribution in [0.5, 0.6) is 5.75 Å².